The third-order valence-corrected chi connectivity index (χ3v) is 6.92. The first-order valence-corrected chi connectivity index (χ1v) is 12.3. The van der Waals surface area contributed by atoms with Crippen LogP contribution in [0.5, 0.6) is 0 Å². The molecule has 5 aromatic rings. The molecule has 0 bridgehead atoms. The monoisotopic (exact) mass is 479 g/mol. The van der Waals surface area contributed by atoms with Crippen molar-refractivity contribution in [3.05, 3.63) is 102 Å². The molecule has 6 heteroatoms. The lowest BCUT2D eigenvalue weighted by Gasteiger charge is -2.37. The molecule has 0 aliphatic carbocycles. The van der Waals surface area contributed by atoms with Crippen LogP contribution < -0.4 is 9.80 Å². The maximum absolute atomic E-state index is 6.17. The molecule has 2 aromatic heterocycles. The van der Waals surface area contributed by atoms with Crippen molar-refractivity contribution < 1.29 is 0 Å². The fraction of sp³-hybridized carbons (Fsp3) is 0.172. The summed E-state index contributed by atoms with van der Waals surface area (Å²) >= 11 is 6.17. The largest absolute Gasteiger partial charge is 0.368 e. The molecule has 0 amide bonds. The van der Waals surface area contributed by atoms with Crippen molar-refractivity contribution in [2.45, 2.75) is 6.92 Å². The average molecular weight is 480 g/mol. The van der Waals surface area contributed by atoms with Crippen molar-refractivity contribution in [2.24, 2.45) is 0 Å². The summed E-state index contributed by atoms with van der Waals surface area (Å²) in [6.45, 7) is 5.80. The molecule has 0 spiro atoms. The molecule has 1 fully saturated rings. The molecule has 1 aliphatic rings. The highest BCUT2D eigenvalue weighted by Gasteiger charge is 2.23. The highest BCUT2D eigenvalue weighted by atomic mass is 35.5. The number of piperazine rings is 1. The minimum atomic E-state index is 0.720. The molecule has 35 heavy (non-hydrogen) atoms. The zero-order valence-corrected chi connectivity index (χ0v) is 20.4. The molecule has 0 N–H and O–H groups in total. The van der Waals surface area contributed by atoms with Crippen LogP contribution in [0.1, 0.15) is 5.69 Å². The second-order valence-electron chi connectivity index (χ2n) is 8.88. The molecule has 0 radical (unpaired) electrons. The van der Waals surface area contributed by atoms with E-state index in [1.54, 1.807) is 0 Å². The van der Waals surface area contributed by atoms with Crippen LogP contribution in [0.3, 0.4) is 0 Å². The van der Waals surface area contributed by atoms with Gasteiger partial charge < -0.3 is 9.80 Å². The molecule has 3 aromatic carbocycles. The summed E-state index contributed by atoms with van der Waals surface area (Å²) in [5, 5.41) is 5.69. The number of hydrogen-bond donors (Lipinski definition) is 0. The minimum Gasteiger partial charge on any atom is -0.368 e. The van der Waals surface area contributed by atoms with Crippen LogP contribution >= 0.6 is 11.6 Å². The summed E-state index contributed by atoms with van der Waals surface area (Å²) in [6.07, 6.45) is 0. The zero-order chi connectivity index (χ0) is 23.8. The lowest BCUT2D eigenvalue weighted by molar-refractivity contribution is 0.638. The number of rotatable bonds is 4. The predicted octanol–water partition coefficient (Wildman–Crippen LogP) is 6.35. The Labute approximate surface area is 210 Å². The number of halogens is 1. The van der Waals surface area contributed by atoms with E-state index < -0.39 is 0 Å². The van der Waals surface area contributed by atoms with Crippen molar-refractivity contribution in [3.63, 3.8) is 0 Å². The van der Waals surface area contributed by atoms with Crippen LogP contribution in [0.4, 0.5) is 11.5 Å². The van der Waals surface area contributed by atoms with Gasteiger partial charge in [-0.25, -0.2) is 4.98 Å². The maximum Gasteiger partial charge on any atom is 0.166 e. The quantitative estimate of drug-likeness (QED) is 0.301. The van der Waals surface area contributed by atoms with Gasteiger partial charge in [-0.05, 0) is 36.8 Å². The van der Waals surface area contributed by atoms with Crippen LogP contribution in [0.25, 0.3) is 28.0 Å². The smallest absolute Gasteiger partial charge is 0.166 e. The van der Waals surface area contributed by atoms with Crippen molar-refractivity contribution in [2.75, 3.05) is 36.0 Å². The molecular weight excluding hydrogens is 454 g/mol. The fourth-order valence-corrected chi connectivity index (χ4v) is 5.00. The number of aromatic nitrogens is 3. The van der Waals surface area contributed by atoms with E-state index in [0.29, 0.717) is 0 Å². The first-order valence-electron chi connectivity index (χ1n) is 11.9. The van der Waals surface area contributed by atoms with Crippen LogP contribution in [0.15, 0.2) is 91.0 Å². The van der Waals surface area contributed by atoms with Crippen LogP contribution in [-0.2, 0) is 0 Å². The van der Waals surface area contributed by atoms with E-state index in [1.807, 2.05) is 34.8 Å². The Morgan fingerprint density at radius 3 is 2.03 bits per heavy atom. The molecule has 174 valence electrons. The van der Waals surface area contributed by atoms with E-state index in [2.05, 4.69) is 77.4 Å². The van der Waals surface area contributed by atoms with E-state index in [9.17, 15) is 0 Å². The number of aryl methyl sites for hydroxylation is 1. The van der Waals surface area contributed by atoms with Crippen molar-refractivity contribution in [3.8, 4) is 22.4 Å². The lowest BCUT2D eigenvalue weighted by atomic mass is 10.1. The highest BCUT2D eigenvalue weighted by molar-refractivity contribution is 6.30. The molecule has 6 rings (SSSR count). The van der Waals surface area contributed by atoms with E-state index >= 15 is 0 Å². The van der Waals surface area contributed by atoms with Crippen molar-refractivity contribution in [1.82, 2.24) is 14.6 Å². The summed E-state index contributed by atoms with van der Waals surface area (Å²) in [7, 11) is 0. The number of para-hydroxylation sites is 1. The van der Waals surface area contributed by atoms with Gasteiger partial charge in [-0.1, -0.05) is 72.3 Å². The minimum absolute atomic E-state index is 0.720. The Hall–Kier alpha value is -3.83. The SMILES string of the molecule is Cc1nn2c(N3CCN(c4ccccc4)CC3)cc(-c3ccccc3)nc2c1-c1ccc(Cl)cc1. The molecule has 1 saturated heterocycles. The Morgan fingerprint density at radius 1 is 0.714 bits per heavy atom. The Morgan fingerprint density at radius 2 is 1.34 bits per heavy atom. The van der Waals surface area contributed by atoms with Gasteiger partial charge in [0.1, 0.15) is 5.82 Å². The van der Waals surface area contributed by atoms with Gasteiger partial charge in [-0.2, -0.15) is 9.61 Å². The zero-order valence-electron chi connectivity index (χ0n) is 19.6. The lowest BCUT2D eigenvalue weighted by Crippen LogP contribution is -2.47. The number of hydrogen-bond acceptors (Lipinski definition) is 4. The van der Waals surface area contributed by atoms with Gasteiger partial charge in [-0.15, -0.1) is 0 Å². The molecule has 1 aliphatic heterocycles. The van der Waals surface area contributed by atoms with Crippen molar-refractivity contribution in [1.29, 1.82) is 0 Å². The van der Waals surface area contributed by atoms with Gasteiger partial charge in [0.15, 0.2) is 5.65 Å². The first-order chi connectivity index (χ1) is 17.2. The molecule has 5 nitrogen and oxygen atoms in total. The van der Waals surface area contributed by atoms with Crippen LogP contribution in [0.2, 0.25) is 5.02 Å². The second kappa shape index (κ2) is 9.08. The average Bonchev–Trinajstić information content (AvgIpc) is 3.25. The molecule has 0 saturated carbocycles. The van der Waals surface area contributed by atoms with Gasteiger partial charge in [0.05, 0.1) is 11.4 Å². The summed E-state index contributed by atoms with van der Waals surface area (Å²) in [6, 6.07) is 31.1. The van der Waals surface area contributed by atoms with Crippen LogP contribution in [0, 0.1) is 6.92 Å². The van der Waals surface area contributed by atoms with Crippen LogP contribution in [-0.4, -0.2) is 40.8 Å². The summed E-state index contributed by atoms with van der Waals surface area (Å²) in [5.41, 5.74) is 7.26. The molecule has 0 unspecified atom stereocenters. The maximum atomic E-state index is 6.17. The van der Waals surface area contributed by atoms with Gasteiger partial charge >= 0.3 is 0 Å². The normalized spacial score (nSPS) is 14.0. The van der Waals surface area contributed by atoms with Crippen molar-refractivity contribution >= 4 is 28.8 Å². The molecule has 0 atom stereocenters. The Balaban J connectivity index is 1.45. The number of fused-ring (bicyclic) bond motifs is 1. The molecule has 3 heterocycles. The number of benzene rings is 3. The van der Waals surface area contributed by atoms with E-state index in [4.69, 9.17) is 21.7 Å². The molecular formula is C29H26ClN5. The van der Waals surface area contributed by atoms with E-state index in [1.165, 1.54) is 5.69 Å². The van der Waals surface area contributed by atoms with E-state index in [0.717, 1.165) is 70.7 Å². The third kappa shape index (κ3) is 4.13. The second-order valence-corrected chi connectivity index (χ2v) is 9.31. The van der Waals surface area contributed by atoms with Gasteiger partial charge in [-0.3, -0.25) is 0 Å². The standard InChI is InChI=1S/C29H26ClN5/c1-21-28(23-12-14-24(30)15-13-23)29-31-26(22-8-4-2-5-9-22)20-27(35(29)32-21)34-18-16-33(17-19-34)25-10-6-3-7-11-25/h2-15,20H,16-19H2,1H3. The van der Waals surface area contributed by atoms with Gasteiger partial charge in [0, 0.05) is 54.1 Å². The summed E-state index contributed by atoms with van der Waals surface area (Å²) in [5.74, 6) is 1.07. The van der Waals surface area contributed by atoms with E-state index in [-0.39, 0.29) is 0 Å². The summed E-state index contributed by atoms with van der Waals surface area (Å²) < 4.78 is 2.02. The topological polar surface area (TPSA) is 36.7 Å². The summed E-state index contributed by atoms with van der Waals surface area (Å²) in [4.78, 5) is 9.99. The third-order valence-electron chi connectivity index (χ3n) is 6.67. The number of anilines is 2. The Bertz CT molecular complexity index is 1450. The first kappa shape index (κ1) is 21.7. The van der Waals surface area contributed by atoms with Gasteiger partial charge in [0.25, 0.3) is 0 Å². The fourth-order valence-electron chi connectivity index (χ4n) is 4.88. The Kier molecular flexibility index (Phi) is 5.63. The predicted molar refractivity (Wildman–Crippen MR) is 144 cm³/mol. The number of nitrogens with zero attached hydrogens (tertiary/aromatic N) is 5. The van der Waals surface area contributed by atoms with Gasteiger partial charge in [0.2, 0.25) is 0 Å². The highest BCUT2D eigenvalue weighted by Crippen LogP contribution is 2.33.